The number of aromatic nitrogens is 2. The molecule has 0 saturated heterocycles. The highest BCUT2D eigenvalue weighted by Crippen LogP contribution is 2.29. The van der Waals surface area contributed by atoms with Gasteiger partial charge in [0.15, 0.2) is 5.11 Å². The summed E-state index contributed by atoms with van der Waals surface area (Å²) in [7, 11) is 4.14. The first-order valence-electron chi connectivity index (χ1n) is 11.6. The second kappa shape index (κ2) is 10.2. The molecular formula is C24H33ClN6S. The molecule has 3 N–H and O–H groups in total. The third kappa shape index (κ3) is 5.62. The van der Waals surface area contributed by atoms with Crippen molar-refractivity contribution in [1.82, 2.24) is 15.3 Å². The maximum Gasteiger partial charge on any atom is 0.225 e. The lowest BCUT2D eigenvalue weighted by Gasteiger charge is -2.31. The minimum absolute atomic E-state index is 0.371. The summed E-state index contributed by atoms with van der Waals surface area (Å²) in [5, 5.41) is 11.7. The van der Waals surface area contributed by atoms with Crippen LogP contribution in [0.15, 0.2) is 18.2 Å². The molecule has 1 fully saturated rings. The highest BCUT2D eigenvalue weighted by Gasteiger charge is 2.24. The summed E-state index contributed by atoms with van der Waals surface area (Å²) in [5.74, 6) is 1.85. The molecule has 0 radical (unpaired) electrons. The largest absolute Gasteiger partial charge is 0.362 e. The predicted octanol–water partition coefficient (Wildman–Crippen LogP) is 5.09. The van der Waals surface area contributed by atoms with Gasteiger partial charge in [-0.05, 0) is 88.2 Å². The van der Waals surface area contributed by atoms with Crippen LogP contribution in [-0.4, -0.2) is 41.3 Å². The monoisotopic (exact) mass is 472 g/mol. The SMILES string of the molecule is Cc1ccc(NC(=S)N[C@H]2CC[C@@H](Nc3nc4c(c(N(C)C)n3)CCCC4)CC2)cc1Cl. The van der Waals surface area contributed by atoms with E-state index in [-0.39, 0.29) is 0 Å². The lowest BCUT2D eigenvalue weighted by molar-refractivity contribution is 0.387. The van der Waals surface area contributed by atoms with Gasteiger partial charge in [0, 0.05) is 42.5 Å². The number of fused-ring (bicyclic) bond motifs is 1. The van der Waals surface area contributed by atoms with Crippen LogP contribution in [0.4, 0.5) is 17.5 Å². The van der Waals surface area contributed by atoms with Crippen LogP contribution >= 0.6 is 23.8 Å². The fraction of sp³-hybridized carbons (Fsp3) is 0.542. The molecule has 1 heterocycles. The Bertz CT molecular complexity index is 971. The zero-order valence-electron chi connectivity index (χ0n) is 19.2. The fourth-order valence-electron chi connectivity index (χ4n) is 4.60. The summed E-state index contributed by atoms with van der Waals surface area (Å²) < 4.78 is 0. The van der Waals surface area contributed by atoms with Crippen molar-refractivity contribution in [3.05, 3.63) is 40.0 Å². The van der Waals surface area contributed by atoms with Gasteiger partial charge in [0.1, 0.15) is 5.82 Å². The molecule has 0 bridgehead atoms. The van der Waals surface area contributed by atoms with Gasteiger partial charge in [-0.15, -0.1) is 0 Å². The molecule has 172 valence electrons. The number of rotatable bonds is 5. The van der Waals surface area contributed by atoms with Crippen molar-refractivity contribution < 1.29 is 0 Å². The average molecular weight is 473 g/mol. The first kappa shape index (κ1) is 23.1. The van der Waals surface area contributed by atoms with Crippen LogP contribution in [0.1, 0.15) is 55.3 Å². The Kier molecular flexibility index (Phi) is 7.36. The molecule has 32 heavy (non-hydrogen) atoms. The summed E-state index contributed by atoms with van der Waals surface area (Å²) >= 11 is 11.7. The van der Waals surface area contributed by atoms with Crippen molar-refractivity contribution in [2.45, 2.75) is 70.4 Å². The molecule has 8 heteroatoms. The highest BCUT2D eigenvalue weighted by molar-refractivity contribution is 7.80. The summed E-state index contributed by atoms with van der Waals surface area (Å²) in [6.07, 6.45) is 8.83. The Morgan fingerprint density at radius 2 is 1.78 bits per heavy atom. The van der Waals surface area contributed by atoms with E-state index in [0.29, 0.717) is 17.2 Å². The summed E-state index contributed by atoms with van der Waals surface area (Å²) in [6, 6.07) is 6.66. The standard InChI is InChI=1S/C24H33ClN6S/c1-15-8-9-18(14-20(15)25)28-24(32)27-17-12-10-16(11-13-17)26-23-29-21-7-5-4-6-19(21)22(30-23)31(2)3/h8-9,14,16-17H,4-7,10-13H2,1-3H3,(H,26,29,30)(H2,27,28,32)/t16-,17+. The highest BCUT2D eigenvalue weighted by atomic mass is 35.5. The first-order chi connectivity index (χ1) is 15.4. The summed E-state index contributed by atoms with van der Waals surface area (Å²) in [5.41, 5.74) is 4.52. The van der Waals surface area contributed by atoms with E-state index < -0.39 is 0 Å². The van der Waals surface area contributed by atoms with Crippen molar-refractivity contribution in [3.63, 3.8) is 0 Å². The fourth-order valence-corrected chi connectivity index (χ4v) is 5.06. The van der Waals surface area contributed by atoms with E-state index in [1.165, 1.54) is 24.1 Å². The maximum atomic E-state index is 6.21. The minimum atomic E-state index is 0.371. The van der Waals surface area contributed by atoms with Crippen LogP contribution in [0, 0.1) is 6.92 Å². The topological polar surface area (TPSA) is 65.1 Å². The van der Waals surface area contributed by atoms with E-state index in [2.05, 4.69) is 34.9 Å². The molecule has 1 aromatic carbocycles. The third-order valence-corrected chi connectivity index (χ3v) is 7.04. The van der Waals surface area contributed by atoms with Crippen LogP contribution in [-0.2, 0) is 12.8 Å². The van der Waals surface area contributed by atoms with E-state index >= 15 is 0 Å². The molecule has 0 amide bonds. The number of anilines is 3. The van der Waals surface area contributed by atoms with E-state index in [4.69, 9.17) is 33.8 Å². The Balaban J connectivity index is 1.30. The minimum Gasteiger partial charge on any atom is -0.362 e. The molecule has 1 aromatic heterocycles. The number of nitrogens with zero attached hydrogens (tertiary/aromatic N) is 3. The number of aryl methyl sites for hydroxylation is 2. The molecule has 0 unspecified atom stereocenters. The molecule has 4 rings (SSSR count). The maximum absolute atomic E-state index is 6.21. The number of thiocarbonyl (C=S) groups is 1. The Labute approximate surface area is 201 Å². The van der Waals surface area contributed by atoms with Gasteiger partial charge in [0.25, 0.3) is 0 Å². The number of halogens is 1. The molecule has 0 spiro atoms. The van der Waals surface area contributed by atoms with Gasteiger partial charge in [-0.1, -0.05) is 17.7 Å². The number of nitrogens with one attached hydrogen (secondary N) is 3. The number of hydrogen-bond donors (Lipinski definition) is 3. The van der Waals surface area contributed by atoms with Crippen molar-refractivity contribution >= 4 is 46.4 Å². The van der Waals surface area contributed by atoms with E-state index in [0.717, 1.165) is 66.6 Å². The Morgan fingerprint density at radius 1 is 1.06 bits per heavy atom. The van der Waals surface area contributed by atoms with E-state index in [1.807, 2.05) is 25.1 Å². The summed E-state index contributed by atoms with van der Waals surface area (Å²) in [4.78, 5) is 11.8. The van der Waals surface area contributed by atoms with Crippen molar-refractivity contribution in [2.24, 2.45) is 0 Å². The second-order valence-electron chi connectivity index (χ2n) is 9.15. The second-order valence-corrected chi connectivity index (χ2v) is 9.97. The van der Waals surface area contributed by atoms with Crippen molar-refractivity contribution in [3.8, 4) is 0 Å². The molecule has 0 aliphatic heterocycles. The predicted molar refractivity (Wildman–Crippen MR) is 138 cm³/mol. The molecular weight excluding hydrogens is 440 g/mol. The van der Waals surface area contributed by atoms with Gasteiger partial charge in [-0.25, -0.2) is 4.98 Å². The van der Waals surface area contributed by atoms with Crippen LogP contribution in [0.2, 0.25) is 5.02 Å². The van der Waals surface area contributed by atoms with Gasteiger partial charge < -0.3 is 20.9 Å². The molecule has 2 aliphatic carbocycles. The van der Waals surface area contributed by atoms with Gasteiger partial charge in [-0.2, -0.15) is 4.98 Å². The van der Waals surface area contributed by atoms with Gasteiger partial charge in [0.05, 0.1) is 5.69 Å². The third-order valence-electron chi connectivity index (χ3n) is 6.41. The molecule has 6 nitrogen and oxygen atoms in total. The van der Waals surface area contributed by atoms with Crippen LogP contribution < -0.4 is 20.9 Å². The zero-order chi connectivity index (χ0) is 22.7. The van der Waals surface area contributed by atoms with E-state index in [9.17, 15) is 0 Å². The average Bonchev–Trinajstić information content (AvgIpc) is 2.77. The van der Waals surface area contributed by atoms with Gasteiger partial charge in [0.2, 0.25) is 5.95 Å². The van der Waals surface area contributed by atoms with Crippen molar-refractivity contribution in [2.75, 3.05) is 29.6 Å². The Hall–Kier alpha value is -2.12. The smallest absolute Gasteiger partial charge is 0.225 e. The molecule has 2 aliphatic rings. The lowest BCUT2D eigenvalue weighted by atomic mass is 9.91. The van der Waals surface area contributed by atoms with Crippen LogP contribution in [0.5, 0.6) is 0 Å². The first-order valence-corrected chi connectivity index (χ1v) is 12.3. The molecule has 0 atom stereocenters. The molecule has 2 aromatic rings. The number of hydrogen-bond acceptors (Lipinski definition) is 5. The van der Waals surface area contributed by atoms with Gasteiger partial charge >= 0.3 is 0 Å². The molecule has 1 saturated carbocycles. The van der Waals surface area contributed by atoms with E-state index in [1.54, 1.807) is 0 Å². The quantitative estimate of drug-likeness (QED) is 0.523. The van der Waals surface area contributed by atoms with Crippen LogP contribution in [0.3, 0.4) is 0 Å². The van der Waals surface area contributed by atoms with Crippen molar-refractivity contribution in [1.29, 1.82) is 0 Å². The zero-order valence-corrected chi connectivity index (χ0v) is 20.7. The van der Waals surface area contributed by atoms with Crippen LogP contribution in [0.25, 0.3) is 0 Å². The van der Waals surface area contributed by atoms with Gasteiger partial charge in [-0.3, -0.25) is 0 Å². The lowest BCUT2D eigenvalue weighted by Crippen LogP contribution is -2.42. The summed E-state index contributed by atoms with van der Waals surface area (Å²) in [6.45, 7) is 1.99. The Morgan fingerprint density at radius 3 is 2.50 bits per heavy atom. The number of benzene rings is 1. The normalized spacial score (nSPS) is 20.2.